The Balaban J connectivity index is 1.57. The molecule has 0 bridgehead atoms. The number of hydrogen-bond donors (Lipinski definition) is 1. The number of carbonyl (C=O) groups is 2. The number of sulfone groups is 1. The van der Waals surface area contributed by atoms with Gasteiger partial charge in [0.2, 0.25) is 5.91 Å². The van der Waals surface area contributed by atoms with Crippen LogP contribution in [-0.2, 0) is 14.6 Å². The lowest BCUT2D eigenvalue weighted by atomic mass is 9.87. The van der Waals surface area contributed by atoms with E-state index in [1.807, 2.05) is 4.90 Å². The molecule has 1 aromatic carbocycles. The van der Waals surface area contributed by atoms with Crippen molar-refractivity contribution < 1.29 is 18.0 Å². The molecule has 1 N–H and O–H groups in total. The molecule has 1 saturated heterocycles. The average molecular weight is 407 g/mol. The van der Waals surface area contributed by atoms with Gasteiger partial charge in [-0.1, -0.05) is 25.3 Å². The van der Waals surface area contributed by atoms with Gasteiger partial charge in [0.05, 0.1) is 4.90 Å². The monoisotopic (exact) mass is 406 g/mol. The van der Waals surface area contributed by atoms with E-state index in [-0.39, 0.29) is 28.7 Å². The van der Waals surface area contributed by atoms with Crippen LogP contribution in [0.1, 0.15) is 60.9 Å². The molecular formula is C21H30N2O4S. The summed E-state index contributed by atoms with van der Waals surface area (Å²) < 4.78 is 23.5. The van der Waals surface area contributed by atoms with Gasteiger partial charge in [-0.2, -0.15) is 0 Å². The maximum Gasteiger partial charge on any atom is 0.251 e. The molecule has 1 aliphatic carbocycles. The van der Waals surface area contributed by atoms with E-state index in [2.05, 4.69) is 5.32 Å². The van der Waals surface area contributed by atoms with Gasteiger partial charge < -0.3 is 10.2 Å². The Labute approximate surface area is 167 Å². The summed E-state index contributed by atoms with van der Waals surface area (Å²) in [5.41, 5.74) is 1.14. The first-order valence-corrected chi connectivity index (χ1v) is 12.0. The van der Waals surface area contributed by atoms with Crippen molar-refractivity contribution in [2.75, 3.05) is 19.3 Å². The van der Waals surface area contributed by atoms with Gasteiger partial charge in [-0.15, -0.1) is 0 Å². The van der Waals surface area contributed by atoms with Crippen molar-refractivity contribution in [3.05, 3.63) is 29.3 Å². The number of carbonyl (C=O) groups excluding carboxylic acids is 2. The van der Waals surface area contributed by atoms with Crippen molar-refractivity contribution in [2.45, 2.75) is 62.8 Å². The molecule has 0 unspecified atom stereocenters. The minimum absolute atomic E-state index is 0.00388. The van der Waals surface area contributed by atoms with E-state index in [9.17, 15) is 18.0 Å². The fraction of sp³-hybridized carbons (Fsp3) is 0.619. The molecule has 0 aromatic heterocycles. The summed E-state index contributed by atoms with van der Waals surface area (Å²) in [7, 11) is -3.36. The van der Waals surface area contributed by atoms with E-state index in [1.54, 1.807) is 13.0 Å². The van der Waals surface area contributed by atoms with Crippen LogP contribution < -0.4 is 5.32 Å². The zero-order chi connectivity index (χ0) is 20.3. The predicted molar refractivity (Wildman–Crippen MR) is 108 cm³/mol. The van der Waals surface area contributed by atoms with Crippen LogP contribution in [0.3, 0.4) is 0 Å². The quantitative estimate of drug-likeness (QED) is 0.833. The van der Waals surface area contributed by atoms with E-state index in [1.165, 1.54) is 18.6 Å². The van der Waals surface area contributed by atoms with Crippen molar-refractivity contribution in [3.8, 4) is 0 Å². The largest absolute Gasteiger partial charge is 0.349 e. The van der Waals surface area contributed by atoms with Crippen molar-refractivity contribution >= 4 is 21.7 Å². The van der Waals surface area contributed by atoms with Crippen molar-refractivity contribution in [2.24, 2.45) is 5.92 Å². The highest BCUT2D eigenvalue weighted by Crippen LogP contribution is 2.26. The minimum atomic E-state index is -3.36. The van der Waals surface area contributed by atoms with Crippen molar-refractivity contribution in [3.63, 3.8) is 0 Å². The fourth-order valence-electron chi connectivity index (χ4n) is 4.19. The second-order valence-corrected chi connectivity index (χ2v) is 10.2. The van der Waals surface area contributed by atoms with Gasteiger partial charge in [0.25, 0.3) is 5.91 Å². The third-order valence-corrected chi connectivity index (χ3v) is 7.09. The first-order valence-electron chi connectivity index (χ1n) is 10.2. The lowest BCUT2D eigenvalue weighted by Gasteiger charge is -2.35. The molecule has 1 saturated carbocycles. The topological polar surface area (TPSA) is 83.6 Å². The second-order valence-electron chi connectivity index (χ2n) is 8.16. The third kappa shape index (κ3) is 4.93. The number of amides is 2. The normalized spacial score (nSPS) is 19.4. The number of aryl methyl sites for hydroxylation is 1. The van der Waals surface area contributed by atoms with E-state index < -0.39 is 9.84 Å². The molecule has 2 aliphatic rings. The van der Waals surface area contributed by atoms with Gasteiger partial charge in [-0.05, 0) is 50.3 Å². The Morgan fingerprint density at radius 1 is 1.04 bits per heavy atom. The Kier molecular flexibility index (Phi) is 6.43. The van der Waals surface area contributed by atoms with Crippen LogP contribution >= 0.6 is 0 Å². The number of likely N-dealkylation sites (tertiary alicyclic amines) is 1. The maximum absolute atomic E-state index is 12.7. The number of benzene rings is 1. The number of nitrogens with zero attached hydrogens (tertiary/aromatic N) is 1. The summed E-state index contributed by atoms with van der Waals surface area (Å²) in [5, 5.41) is 3.02. The molecule has 0 radical (unpaired) electrons. The third-order valence-electron chi connectivity index (χ3n) is 5.98. The molecule has 3 rings (SSSR count). The van der Waals surface area contributed by atoms with Gasteiger partial charge in [-0.3, -0.25) is 9.59 Å². The average Bonchev–Trinajstić information content (AvgIpc) is 2.68. The van der Waals surface area contributed by atoms with Crippen LogP contribution in [0.5, 0.6) is 0 Å². The molecule has 6 nitrogen and oxygen atoms in total. The van der Waals surface area contributed by atoms with Gasteiger partial charge in [0.15, 0.2) is 9.84 Å². The molecular weight excluding hydrogens is 376 g/mol. The van der Waals surface area contributed by atoms with Crippen LogP contribution in [0.25, 0.3) is 0 Å². The maximum atomic E-state index is 12.7. The molecule has 2 fully saturated rings. The highest BCUT2D eigenvalue weighted by molar-refractivity contribution is 7.90. The predicted octanol–water partition coefficient (Wildman–Crippen LogP) is 2.70. The Bertz CT molecular complexity index is 836. The lowest BCUT2D eigenvalue weighted by Crippen LogP contribution is -2.48. The zero-order valence-electron chi connectivity index (χ0n) is 16.7. The van der Waals surface area contributed by atoms with E-state index in [0.717, 1.165) is 50.3 Å². The number of nitrogens with one attached hydrogen (secondary N) is 1. The lowest BCUT2D eigenvalue weighted by molar-refractivity contribution is -0.137. The van der Waals surface area contributed by atoms with Crippen LogP contribution in [0, 0.1) is 12.8 Å². The summed E-state index contributed by atoms with van der Waals surface area (Å²) in [5.74, 6) is 0.211. The molecule has 2 amide bonds. The van der Waals surface area contributed by atoms with E-state index in [0.29, 0.717) is 18.7 Å². The standard InChI is InChI=1S/C21H30N2O4S/c1-15-8-9-18(28(2,26)27)14-19(15)20(24)22-17-10-12-23(13-11-17)21(25)16-6-4-3-5-7-16/h8-9,14,16-17H,3-7,10-13H2,1-2H3,(H,22,24). The SMILES string of the molecule is Cc1ccc(S(C)(=O)=O)cc1C(=O)NC1CCN(C(=O)C2CCCCC2)CC1. The molecule has 154 valence electrons. The minimum Gasteiger partial charge on any atom is -0.349 e. The van der Waals surface area contributed by atoms with Gasteiger partial charge in [-0.25, -0.2) is 8.42 Å². The summed E-state index contributed by atoms with van der Waals surface area (Å²) >= 11 is 0. The summed E-state index contributed by atoms with van der Waals surface area (Å²) in [6.45, 7) is 3.14. The molecule has 1 aliphatic heterocycles. The summed E-state index contributed by atoms with van der Waals surface area (Å²) in [4.78, 5) is 27.5. The van der Waals surface area contributed by atoms with Crippen molar-refractivity contribution in [1.29, 1.82) is 0 Å². The van der Waals surface area contributed by atoms with Gasteiger partial charge >= 0.3 is 0 Å². The molecule has 28 heavy (non-hydrogen) atoms. The van der Waals surface area contributed by atoms with Gasteiger partial charge in [0.1, 0.15) is 0 Å². The Morgan fingerprint density at radius 3 is 2.29 bits per heavy atom. The molecule has 7 heteroatoms. The van der Waals surface area contributed by atoms with Crippen molar-refractivity contribution in [1.82, 2.24) is 10.2 Å². The van der Waals surface area contributed by atoms with Crippen LogP contribution in [0.15, 0.2) is 23.1 Å². The number of piperidine rings is 1. The highest BCUT2D eigenvalue weighted by atomic mass is 32.2. The zero-order valence-corrected chi connectivity index (χ0v) is 17.6. The Hall–Kier alpha value is -1.89. The summed E-state index contributed by atoms with van der Waals surface area (Å²) in [6, 6.07) is 4.64. The fourth-order valence-corrected chi connectivity index (χ4v) is 4.84. The van der Waals surface area contributed by atoms with E-state index in [4.69, 9.17) is 0 Å². The van der Waals surface area contributed by atoms with Gasteiger partial charge in [0, 0.05) is 36.9 Å². The smallest absolute Gasteiger partial charge is 0.251 e. The first kappa shape index (κ1) is 20.8. The molecule has 0 spiro atoms. The molecule has 1 aromatic rings. The van der Waals surface area contributed by atoms with Crippen LogP contribution in [0.4, 0.5) is 0 Å². The number of hydrogen-bond acceptors (Lipinski definition) is 4. The highest BCUT2D eigenvalue weighted by Gasteiger charge is 2.29. The first-order chi connectivity index (χ1) is 13.3. The second kappa shape index (κ2) is 8.64. The van der Waals surface area contributed by atoms with E-state index >= 15 is 0 Å². The molecule has 1 heterocycles. The van der Waals surface area contributed by atoms with Crippen LogP contribution in [0.2, 0.25) is 0 Å². The number of rotatable bonds is 4. The Morgan fingerprint density at radius 2 is 1.68 bits per heavy atom. The van der Waals surface area contributed by atoms with Crippen LogP contribution in [-0.4, -0.2) is 50.5 Å². The summed E-state index contributed by atoms with van der Waals surface area (Å²) in [6.07, 6.45) is 8.14. The molecule has 0 atom stereocenters.